The normalized spacial score (nSPS) is 24.4. The van der Waals surface area contributed by atoms with E-state index in [9.17, 15) is 24.5 Å². The van der Waals surface area contributed by atoms with E-state index in [1.54, 1.807) is 0 Å². The Kier molecular flexibility index (Phi) is 7.26. The second kappa shape index (κ2) is 11.4. The zero-order valence-corrected chi connectivity index (χ0v) is 25.3. The van der Waals surface area contributed by atoms with Gasteiger partial charge < -0.3 is 0 Å². The molecule has 2 fully saturated rings. The number of imide groups is 1. The SMILES string of the molecule is Cc1ccc(/C=C2/CCC[C@@H]3C2=NN(C(=O)CN2N=N[C@@H]4C(=O)N(c5ccc([N+](=O)[O-])cc5)C(=O)[C@@H]42)[C@H]3c2ccc(C)cc2)cc1. The number of aryl methyl sites for hydroxylation is 2. The maximum Gasteiger partial charge on any atom is 0.269 e. The molecule has 0 spiro atoms. The van der Waals surface area contributed by atoms with Crippen LogP contribution >= 0.6 is 0 Å². The van der Waals surface area contributed by atoms with Crippen LogP contribution in [-0.4, -0.2) is 57.0 Å². The van der Waals surface area contributed by atoms with Crippen LogP contribution in [0.4, 0.5) is 11.4 Å². The van der Waals surface area contributed by atoms with Crippen molar-refractivity contribution in [3.05, 3.63) is 111 Å². The quantitative estimate of drug-likeness (QED) is 0.208. The number of rotatable bonds is 6. The predicted octanol–water partition coefficient (Wildman–Crippen LogP) is 5.33. The van der Waals surface area contributed by atoms with Gasteiger partial charge in [0.2, 0.25) is 0 Å². The number of hydrogen-bond acceptors (Lipinski definition) is 9. The fourth-order valence-corrected chi connectivity index (χ4v) is 6.71. The zero-order chi connectivity index (χ0) is 32.1. The summed E-state index contributed by atoms with van der Waals surface area (Å²) in [5.74, 6) is -1.56. The van der Waals surface area contributed by atoms with Gasteiger partial charge in [0.05, 0.1) is 22.4 Å². The molecule has 46 heavy (non-hydrogen) atoms. The second-order valence-electron chi connectivity index (χ2n) is 12.1. The summed E-state index contributed by atoms with van der Waals surface area (Å²) in [5, 5.41) is 26.9. The minimum atomic E-state index is -1.11. The number of fused-ring (bicyclic) bond motifs is 2. The maximum atomic E-state index is 14.1. The van der Waals surface area contributed by atoms with Crippen LogP contribution in [0.1, 0.15) is 47.6 Å². The van der Waals surface area contributed by atoms with Crippen molar-refractivity contribution in [3.8, 4) is 0 Å². The maximum absolute atomic E-state index is 14.1. The Balaban J connectivity index is 1.17. The fraction of sp³-hybridized carbons (Fsp3) is 0.294. The van der Waals surface area contributed by atoms with Gasteiger partial charge >= 0.3 is 0 Å². The Morgan fingerprint density at radius 1 is 0.935 bits per heavy atom. The predicted molar refractivity (Wildman–Crippen MR) is 169 cm³/mol. The van der Waals surface area contributed by atoms with Crippen LogP contribution in [0, 0.1) is 29.9 Å². The molecule has 3 amide bonds. The van der Waals surface area contributed by atoms with Crippen LogP contribution in [0.15, 0.2) is 93.8 Å². The summed E-state index contributed by atoms with van der Waals surface area (Å²) >= 11 is 0. The van der Waals surface area contributed by atoms with Crippen molar-refractivity contribution in [2.24, 2.45) is 21.4 Å². The molecule has 4 atom stereocenters. The summed E-state index contributed by atoms with van der Waals surface area (Å²) in [6.45, 7) is 3.76. The largest absolute Gasteiger partial charge is 0.271 e. The number of amides is 3. The lowest BCUT2D eigenvalue weighted by atomic mass is 9.77. The number of allylic oxidation sites excluding steroid dienone is 1. The summed E-state index contributed by atoms with van der Waals surface area (Å²) in [4.78, 5) is 52.3. The summed E-state index contributed by atoms with van der Waals surface area (Å²) in [6.07, 6.45) is 4.84. The van der Waals surface area contributed by atoms with Gasteiger partial charge in [0.1, 0.15) is 6.54 Å². The smallest absolute Gasteiger partial charge is 0.269 e. The molecule has 0 bridgehead atoms. The van der Waals surface area contributed by atoms with Gasteiger partial charge in [0, 0.05) is 18.1 Å². The Labute approximate surface area is 264 Å². The van der Waals surface area contributed by atoms with Gasteiger partial charge in [-0.1, -0.05) is 64.9 Å². The standard InChI is InChI=1S/C34H31N7O5/c1-20-6-10-22(11-7-20)18-24-4-3-5-27-29(24)36-40(31(27)23-12-8-21(2)9-13-23)28(42)19-38-32-30(35-37-38)33(43)39(34(32)44)25-14-16-26(17-15-25)41(45)46/h6-18,27,30-32H,3-5,19H2,1-2H3/b24-18-/t27-,30+,31+,32-/m1/s1. The van der Waals surface area contributed by atoms with Crippen molar-refractivity contribution in [1.29, 1.82) is 0 Å². The zero-order valence-electron chi connectivity index (χ0n) is 25.3. The van der Waals surface area contributed by atoms with Gasteiger partial charge in [-0.3, -0.25) is 29.5 Å². The molecule has 232 valence electrons. The fourth-order valence-electron chi connectivity index (χ4n) is 6.71. The Bertz CT molecular complexity index is 1830. The first kappa shape index (κ1) is 29.2. The molecule has 0 unspecified atom stereocenters. The lowest BCUT2D eigenvalue weighted by Crippen LogP contribution is -2.45. The van der Waals surface area contributed by atoms with E-state index in [1.807, 2.05) is 31.2 Å². The van der Waals surface area contributed by atoms with Crippen molar-refractivity contribution in [3.63, 3.8) is 0 Å². The number of non-ortho nitro benzene ring substituents is 1. The highest BCUT2D eigenvalue weighted by molar-refractivity contribution is 6.25. The van der Waals surface area contributed by atoms with Gasteiger partial charge in [0.25, 0.3) is 23.4 Å². The third-order valence-corrected chi connectivity index (χ3v) is 9.07. The molecule has 12 heteroatoms. The van der Waals surface area contributed by atoms with E-state index >= 15 is 0 Å². The average molecular weight is 618 g/mol. The van der Waals surface area contributed by atoms with Crippen LogP contribution < -0.4 is 4.90 Å². The van der Waals surface area contributed by atoms with Gasteiger partial charge in [-0.05, 0) is 68.0 Å². The molecule has 1 saturated carbocycles. The van der Waals surface area contributed by atoms with Crippen LogP contribution in [0.3, 0.4) is 0 Å². The number of benzene rings is 3. The number of carbonyl (C=O) groups excluding carboxylic acids is 3. The lowest BCUT2D eigenvalue weighted by Gasteiger charge is -2.30. The van der Waals surface area contributed by atoms with Crippen molar-refractivity contribution in [2.75, 3.05) is 11.4 Å². The van der Waals surface area contributed by atoms with E-state index in [2.05, 4.69) is 47.6 Å². The van der Waals surface area contributed by atoms with E-state index in [4.69, 9.17) is 5.10 Å². The number of nitrogens with zero attached hydrogens (tertiary/aromatic N) is 7. The van der Waals surface area contributed by atoms with Crippen molar-refractivity contribution in [1.82, 2.24) is 10.0 Å². The highest BCUT2D eigenvalue weighted by Gasteiger charge is 2.55. The third-order valence-electron chi connectivity index (χ3n) is 9.07. The second-order valence-corrected chi connectivity index (χ2v) is 12.1. The summed E-state index contributed by atoms with van der Waals surface area (Å²) in [6, 6.07) is 19.0. The van der Waals surface area contributed by atoms with E-state index in [0.717, 1.165) is 52.1 Å². The number of anilines is 1. The van der Waals surface area contributed by atoms with E-state index in [1.165, 1.54) is 39.8 Å². The van der Waals surface area contributed by atoms with E-state index < -0.39 is 28.8 Å². The molecule has 3 aliphatic heterocycles. The first-order valence-electron chi connectivity index (χ1n) is 15.2. The summed E-state index contributed by atoms with van der Waals surface area (Å²) in [5.41, 5.74) is 6.35. The lowest BCUT2D eigenvalue weighted by molar-refractivity contribution is -0.384. The number of nitro benzene ring substituents is 1. The van der Waals surface area contributed by atoms with Gasteiger partial charge in [-0.25, -0.2) is 9.91 Å². The number of nitro groups is 1. The van der Waals surface area contributed by atoms with Gasteiger partial charge in [-0.2, -0.15) is 10.2 Å². The Morgan fingerprint density at radius 2 is 1.61 bits per heavy atom. The highest BCUT2D eigenvalue weighted by Crippen LogP contribution is 2.45. The first-order chi connectivity index (χ1) is 22.2. The Hall–Kier alpha value is -5.52. The molecular formula is C34H31N7O5. The molecule has 3 heterocycles. The van der Waals surface area contributed by atoms with Crippen LogP contribution in [0.5, 0.6) is 0 Å². The minimum Gasteiger partial charge on any atom is -0.271 e. The molecule has 3 aromatic carbocycles. The number of hydrazone groups is 1. The van der Waals surface area contributed by atoms with E-state index in [-0.39, 0.29) is 35.8 Å². The third kappa shape index (κ3) is 5.05. The minimum absolute atomic E-state index is 0.00243. The highest BCUT2D eigenvalue weighted by atomic mass is 16.6. The topological polar surface area (TPSA) is 141 Å². The molecule has 4 aliphatic rings. The van der Waals surface area contributed by atoms with Crippen molar-refractivity contribution in [2.45, 2.75) is 51.2 Å². The van der Waals surface area contributed by atoms with E-state index in [0.29, 0.717) is 0 Å². The molecule has 0 radical (unpaired) electrons. The number of hydrogen-bond donors (Lipinski definition) is 0. The molecular weight excluding hydrogens is 586 g/mol. The van der Waals surface area contributed by atoms with Crippen LogP contribution in [-0.2, 0) is 14.4 Å². The van der Waals surface area contributed by atoms with Gasteiger partial charge in [-0.15, -0.1) is 0 Å². The van der Waals surface area contributed by atoms with Crippen molar-refractivity contribution >= 4 is 40.9 Å². The molecule has 12 nitrogen and oxygen atoms in total. The Morgan fingerprint density at radius 3 is 2.28 bits per heavy atom. The van der Waals surface area contributed by atoms with Crippen LogP contribution in [0.2, 0.25) is 0 Å². The molecule has 0 aromatic heterocycles. The molecule has 0 N–H and O–H groups in total. The van der Waals surface area contributed by atoms with Crippen molar-refractivity contribution < 1.29 is 19.3 Å². The van der Waals surface area contributed by atoms with Crippen LogP contribution in [0.25, 0.3) is 6.08 Å². The average Bonchev–Trinajstić information content (AvgIpc) is 3.72. The molecule has 1 saturated heterocycles. The molecule has 7 rings (SSSR count). The molecule has 3 aromatic rings. The summed E-state index contributed by atoms with van der Waals surface area (Å²) < 4.78 is 0. The molecule has 1 aliphatic carbocycles. The first-order valence-corrected chi connectivity index (χ1v) is 15.2. The summed E-state index contributed by atoms with van der Waals surface area (Å²) in [7, 11) is 0. The monoisotopic (exact) mass is 617 g/mol. The van der Waals surface area contributed by atoms with Gasteiger partial charge in [0.15, 0.2) is 12.1 Å². The number of carbonyl (C=O) groups is 3.